The lowest BCUT2D eigenvalue weighted by molar-refractivity contribution is 0.0695. The number of carboxylic acids is 1. The van der Waals surface area contributed by atoms with Gasteiger partial charge in [0.2, 0.25) is 0 Å². The van der Waals surface area contributed by atoms with Crippen molar-refractivity contribution in [2.45, 2.75) is 33.7 Å². The lowest BCUT2D eigenvalue weighted by Crippen LogP contribution is -2.21. The average Bonchev–Trinajstić information content (AvgIpc) is 3.11. The molecule has 1 atom stereocenters. The minimum Gasteiger partial charge on any atom is -0.478 e. The first-order chi connectivity index (χ1) is 15.3. The highest BCUT2D eigenvalue weighted by Crippen LogP contribution is 2.44. The average molecular weight is 451 g/mol. The quantitative estimate of drug-likeness (QED) is 0.447. The molecule has 8 heteroatoms. The van der Waals surface area contributed by atoms with Gasteiger partial charge in [0.1, 0.15) is 0 Å². The van der Waals surface area contributed by atoms with Crippen molar-refractivity contribution in [3.63, 3.8) is 0 Å². The van der Waals surface area contributed by atoms with Crippen molar-refractivity contribution in [3.05, 3.63) is 76.0 Å². The van der Waals surface area contributed by atoms with Crippen LogP contribution in [0.1, 0.15) is 63.9 Å². The number of Topliss-reactive ketones (excluding diaryl/α,β-unsaturated/α-hetero) is 1. The summed E-state index contributed by atoms with van der Waals surface area (Å²) in [4.78, 5) is 33.4. The molecule has 3 heterocycles. The van der Waals surface area contributed by atoms with Gasteiger partial charge in [0.05, 0.1) is 23.5 Å². The van der Waals surface area contributed by atoms with Crippen molar-refractivity contribution in [1.29, 1.82) is 0 Å². The molecule has 1 aromatic carbocycles. The normalized spacial score (nSPS) is 14.2. The van der Waals surface area contributed by atoms with E-state index in [4.69, 9.17) is 0 Å². The van der Waals surface area contributed by atoms with E-state index in [1.54, 1.807) is 23.4 Å². The summed E-state index contributed by atoms with van der Waals surface area (Å²) in [5.41, 5.74) is 4.88. The molecule has 3 aromatic rings. The number of carboxylic acid groups (broad SMARTS) is 1. The minimum atomic E-state index is -1.05. The molecule has 4 rings (SSSR count). The summed E-state index contributed by atoms with van der Waals surface area (Å²) in [6, 6.07) is 4.78. The third kappa shape index (κ3) is 3.53. The van der Waals surface area contributed by atoms with Gasteiger partial charge in [0, 0.05) is 30.4 Å². The molecular weight excluding hydrogens is 428 g/mol. The maximum Gasteiger partial charge on any atom is 0.336 e. The predicted octanol–water partition coefficient (Wildman–Crippen LogP) is 4.62. The molecule has 6 nitrogen and oxygen atoms in total. The molecule has 0 saturated heterocycles. The first-order valence-corrected chi connectivity index (χ1v) is 10.8. The zero-order chi connectivity index (χ0) is 23.2. The minimum absolute atomic E-state index is 0.0897. The van der Waals surface area contributed by atoms with E-state index in [-0.39, 0.29) is 23.7 Å². The number of aromatic nitrogens is 2. The van der Waals surface area contributed by atoms with Crippen molar-refractivity contribution in [2.75, 3.05) is 4.90 Å². The maximum atomic E-state index is 15.0. The molecule has 0 saturated carbocycles. The van der Waals surface area contributed by atoms with Crippen LogP contribution in [-0.2, 0) is 13.0 Å². The Kier molecular flexibility index (Phi) is 5.70. The Bertz CT molecular complexity index is 1300. The second-order valence-electron chi connectivity index (χ2n) is 7.67. The van der Waals surface area contributed by atoms with Crippen molar-refractivity contribution >= 4 is 43.4 Å². The van der Waals surface area contributed by atoms with Crippen molar-refractivity contribution in [2.24, 2.45) is 0 Å². The number of hydrogen-bond donors (Lipinski definition) is 2. The topological polar surface area (TPSA) is 86.3 Å². The Labute approximate surface area is 187 Å². The number of rotatable bonds is 4. The number of aryl methyl sites for hydroxylation is 1. The standard InChI is InChI=1S/C24H23FN3O3P/c1-4-13-6-18-16(5-2)21-14(9-26-22(21)12(3)29)11-28(20(18)8-17(13)24(30)31)23-19(25)7-15(32)10-27-23/h5-10,26H,4,11,32H2,1-3H3,(H,30,31)/b16-5-. The number of benzene rings is 1. The summed E-state index contributed by atoms with van der Waals surface area (Å²) in [5.74, 6) is -1.59. The van der Waals surface area contributed by atoms with Crippen LogP contribution in [0.2, 0.25) is 0 Å². The summed E-state index contributed by atoms with van der Waals surface area (Å²) >= 11 is 0. The first-order valence-electron chi connectivity index (χ1n) is 10.2. The number of allylic oxidation sites excluding steroid dienone is 1. The lowest BCUT2D eigenvalue weighted by Gasteiger charge is -2.26. The monoisotopic (exact) mass is 451 g/mol. The van der Waals surface area contributed by atoms with Crippen LogP contribution in [0.3, 0.4) is 0 Å². The summed E-state index contributed by atoms with van der Waals surface area (Å²) in [5, 5.41) is 10.4. The Balaban J connectivity index is 2.10. The molecule has 1 unspecified atom stereocenters. The van der Waals surface area contributed by atoms with Crippen LogP contribution in [0.5, 0.6) is 0 Å². The third-order valence-corrected chi connectivity index (χ3v) is 6.03. The maximum absolute atomic E-state index is 15.0. The van der Waals surface area contributed by atoms with E-state index in [2.05, 4.69) is 19.2 Å². The number of hydrogen-bond acceptors (Lipinski definition) is 4. The van der Waals surface area contributed by atoms with E-state index in [1.165, 1.54) is 13.0 Å². The highest BCUT2D eigenvalue weighted by molar-refractivity contribution is 7.27. The molecule has 0 spiro atoms. The van der Waals surface area contributed by atoms with E-state index < -0.39 is 11.8 Å². The van der Waals surface area contributed by atoms with Gasteiger partial charge in [-0.25, -0.2) is 14.2 Å². The van der Waals surface area contributed by atoms with Gasteiger partial charge in [-0.05, 0) is 53.5 Å². The zero-order valence-corrected chi connectivity index (χ0v) is 19.1. The molecule has 164 valence electrons. The number of carbonyl (C=O) groups excluding carboxylic acids is 1. The molecule has 1 aliphatic heterocycles. The van der Waals surface area contributed by atoms with Crippen molar-refractivity contribution in [3.8, 4) is 0 Å². The van der Waals surface area contributed by atoms with Gasteiger partial charge in [-0.15, -0.1) is 9.24 Å². The van der Waals surface area contributed by atoms with Crippen LogP contribution in [0, 0.1) is 5.82 Å². The fourth-order valence-electron chi connectivity index (χ4n) is 4.26. The van der Waals surface area contributed by atoms with E-state index in [0.717, 1.165) is 22.3 Å². The van der Waals surface area contributed by atoms with E-state index in [9.17, 15) is 14.7 Å². The number of pyridine rings is 1. The third-order valence-electron chi connectivity index (χ3n) is 5.71. The second kappa shape index (κ2) is 8.32. The molecule has 0 radical (unpaired) electrons. The molecule has 0 bridgehead atoms. The van der Waals surface area contributed by atoms with E-state index in [1.807, 2.05) is 26.0 Å². The fraction of sp³-hybridized carbons (Fsp3) is 0.208. The van der Waals surface area contributed by atoms with Crippen molar-refractivity contribution in [1.82, 2.24) is 9.97 Å². The number of halogens is 1. The Morgan fingerprint density at radius 2 is 2.09 bits per heavy atom. The SMILES string of the molecule is C/C=C1/c2cc(CC)c(C(=O)O)cc2N(c2ncc(P)cc2F)Cc2c[nH]c(C(C)=O)c21. The molecule has 0 fully saturated rings. The van der Waals surface area contributed by atoms with Gasteiger partial charge in [-0.1, -0.05) is 13.0 Å². The number of anilines is 2. The summed E-state index contributed by atoms with van der Waals surface area (Å²) in [7, 11) is 2.41. The van der Waals surface area contributed by atoms with Crippen LogP contribution >= 0.6 is 9.24 Å². The molecule has 2 aromatic heterocycles. The lowest BCUT2D eigenvalue weighted by atomic mass is 9.90. The fourth-order valence-corrected chi connectivity index (χ4v) is 4.48. The van der Waals surface area contributed by atoms with Crippen LogP contribution in [0.4, 0.5) is 15.9 Å². The van der Waals surface area contributed by atoms with Gasteiger partial charge < -0.3 is 15.0 Å². The van der Waals surface area contributed by atoms with Gasteiger partial charge in [-0.3, -0.25) is 4.79 Å². The molecule has 32 heavy (non-hydrogen) atoms. The Hall–Kier alpha value is -3.31. The molecule has 0 aliphatic carbocycles. The smallest absolute Gasteiger partial charge is 0.336 e. The molecular formula is C24H23FN3O3P. The highest BCUT2D eigenvalue weighted by Gasteiger charge is 2.31. The number of fused-ring (bicyclic) bond motifs is 2. The second-order valence-corrected chi connectivity index (χ2v) is 8.33. The van der Waals surface area contributed by atoms with Gasteiger partial charge in [-0.2, -0.15) is 0 Å². The van der Waals surface area contributed by atoms with Crippen LogP contribution < -0.4 is 10.2 Å². The Morgan fingerprint density at radius 1 is 1.34 bits per heavy atom. The van der Waals surface area contributed by atoms with Gasteiger partial charge in [0.25, 0.3) is 0 Å². The number of nitrogens with zero attached hydrogens (tertiary/aromatic N) is 2. The summed E-state index contributed by atoms with van der Waals surface area (Å²) in [6.07, 6.45) is 5.70. The largest absolute Gasteiger partial charge is 0.478 e. The van der Waals surface area contributed by atoms with E-state index >= 15 is 4.39 Å². The number of nitrogens with one attached hydrogen (secondary N) is 1. The van der Waals surface area contributed by atoms with Crippen LogP contribution in [0.15, 0.2) is 36.7 Å². The number of H-pyrrole nitrogens is 1. The molecule has 0 amide bonds. The van der Waals surface area contributed by atoms with Crippen molar-refractivity contribution < 1.29 is 19.1 Å². The predicted molar refractivity (Wildman–Crippen MR) is 126 cm³/mol. The number of ketones is 1. The van der Waals surface area contributed by atoms with Crippen LogP contribution in [0.25, 0.3) is 5.57 Å². The van der Waals surface area contributed by atoms with E-state index in [0.29, 0.717) is 28.7 Å². The van der Waals surface area contributed by atoms with Gasteiger partial charge >= 0.3 is 5.97 Å². The van der Waals surface area contributed by atoms with Gasteiger partial charge in [0.15, 0.2) is 17.4 Å². The zero-order valence-electron chi connectivity index (χ0n) is 18.0. The van der Waals surface area contributed by atoms with Crippen LogP contribution in [-0.4, -0.2) is 26.8 Å². The Morgan fingerprint density at radius 3 is 2.69 bits per heavy atom. The number of aromatic amines is 1. The molecule has 2 N–H and O–H groups in total. The number of aromatic carboxylic acids is 1. The summed E-state index contributed by atoms with van der Waals surface area (Å²) in [6.45, 7) is 5.47. The number of carbonyl (C=O) groups is 2. The molecule has 1 aliphatic rings. The highest BCUT2D eigenvalue weighted by atomic mass is 31.0. The first kappa shape index (κ1) is 21.9. The summed E-state index contributed by atoms with van der Waals surface area (Å²) < 4.78 is 15.0.